The molecule has 0 radical (unpaired) electrons. The molecule has 6 nitrogen and oxygen atoms in total. The van der Waals surface area contributed by atoms with Crippen LogP contribution in [0.25, 0.3) is 0 Å². The molecule has 0 aliphatic carbocycles. The van der Waals surface area contributed by atoms with Gasteiger partial charge in [0.2, 0.25) is 0 Å². The van der Waals surface area contributed by atoms with Crippen LogP contribution in [0.5, 0.6) is 17.2 Å². The Morgan fingerprint density at radius 3 is 2.19 bits per heavy atom. The number of halogens is 1. The summed E-state index contributed by atoms with van der Waals surface area (Å²) < 4.78 is 22.1. The first-order valence-electron chi connectivity index (χ1n) is 9.92. The Morgan fingerprint density at radius 1 is 0.875 bits per heavy atom. The fourth-order valence-corrected chi connectivity index (χ4v) is 3.49. The topological polar surface area (TPSA) is 71.1 Å². The van der Waals surface area contributed by atoms with E-state index in [-0.39, 0.29) is 19.0 Å². The zero-order valence-corrected chi connectivity index (χ0v) is 19.4. The molecule has 0 unspecified atom stereocenters. The van der Waals surface area contributed by atoms with Crippen LogP contribution in [0, 0.1) is 0 Å². The zero-order valence-electron chi connectivity index (χ0n) is 17.8. The molecule has 0 saturated heterocycles. The van der Waals surface area contributed by atoms with Crippen molar-refractivity contribution < 1.29 is 28.5 Å². The van der Waals surface area contributed by atoms with E-state index in [4.69, 9.17) is 18.9 Å². The molecule has 0 N–H and O–H groups in total. The van der Waals surface area contributed by atoms with Crippen molar-refractivity contribution in [1.29, 1.82) is 0 Å². The Bertz CT molecular complexity index is 1060. The van der Waals surface area contributed by atoms with Gasteiger partial charge in [0.25, 0.3) is 0 Å². The average molecular weight is 499 g/mol. The lowest BCUT2D eigenvalue weighted by molar-refractivity contribution is -0.134. The van der Waals surface area contributed by atoms with Gasteiger partial charge in [-0.15, -0.1) is 0 Å². The molecule has 0 amide bonds. The van der Waals surface area contributed by atoms with E-state index in [0.29, 0.717) is 29.2 Å². The second-order valence-corrected chi connectivity index (χ2v) is 7.71. The fourth-order valence-electron chi connectivity index (χ4n) is 2.97. The lowest BCUT2D eigenvalue weighted by Crippen LogP contribution is -2.10. The number of rotatable bonds is 9. The molecule has 3 rings (SSSR count). The van der Waals surface area contributed by atoms with E-state index < -0.39 is 5.97 Å². The molecule has 3 aromatic carbocycles. The molecule has 0 fully saturated rings. The van der Waals surface area contributed by atoms with Gasteiger partial charge < -0.3 is 18.9 Å². The molecule has 0 saturated carbocycles. The minimum atomic E-state index is -0.440. The van der Waals surface area contributed by atoms with E-state index in [2.05, 4.69) is 15.9 Å². The third-order valence-corrected chi connectivity index (χ3v) is 5.42. The summed E-state index contributed by atoms with van der Waals surface area (Å²) in [5, 5.41) is 0. The highest BCUT2D eigenvalue weighted by Gasteiger charge is 2.13. The summed E-state index contributed by atoms with van der Waals surface area (Å²) in [6, 6.07) is 19.4. The van der Waals surface area contributed by atoms with Crippen LogP contribution in [-0.2, 0) is 22.6 Å². The molecule has 0 atom stereocenters. The summed E-state index contributed by atoms with van der Waals surface area (Å²) in [7, 11) is 3.13. The number of esters is 2. The van der Waals surface area contributed by atoms with E-state index in [1.165, 1.54) is 0 Å². The number of ether oxygens (including phenoxy) is 4. The van der Waals surface area contributed by atoms with Crippen LogP contribution in [0.3, 0.4) is 0 Å². The van der Waals surface area contributed by atoms with Crippen LogP contribution in [-0.4, -0.2) is 26.2 Å². The van der Waals surface area contributed by atoms with E-state index in [0.717, 1.165) is 15.6 Å². The summed E-state index contributed by atoms with van der Waals surface area (Å²) in [5.41, 5.74) is 2.19. The third kappa shape index (κ3) is 6.34. The number of hydrogen-bond acceptors (Lipinski definition) is 6. The number of hydrogen-bond donors (Lipinski definition) is 0. The minimum absolute atomic E-state index is 0.176. The Hall–Kier alpha value is -3.32. The molecule has 0 aromatic heterocycles. The van der Waals surface area contributed by atoms with Crippen molar-refractivity contribution in [2.75, 3.05) is 14.2 Å². The van der Waals surface area contributed by atoms with Gasteiger partial charge in [0.05, 0.1) is 26.2 Å². The molecule has 7 heteroatoms. The first-order valence-corrected chi connectivity index (χ1v) is 10.7. The third-order valence-electron chi connectivity index (χ3n) is 4.69. The molecule has 0 heterocycles. The van der Waals surface area contributed by atoms with Crippen molar-refractivity contribution >= 4 is 27.9 Å². The summed E-state index contributed by atoms with van der Waals surface area (Å²) in [5.74, 6) is 0.735. The Labute approximate surface area is 195 Å². The molecule has 166 valence electrons. The van der Waals surface area contributed by atoms with Gasteiger partial charge in [0, 0.05) is 4.47 Å². The van der Waals surface area contributed by atoms with Gasteiger partial charge in [-0.3, -0.25) is 4.79 Å². The standard InChI is InChI=1S/C25H23BrO6/c1-29-22-14-19(21(26)15-23(22)30-2)10-13-24(27)32-20-11-8-18(9-12-20)25(28)31-16-17-6-4-3-5-7-17/h3-9,11-12,14-15H,10,13,16H2,1-2H3. The Morgan fingerprint density at radius 2 is 1.53 bits per heavy atom. The van der Waals surface area contributed by atoms with E-state index in [1.54, 1.807) is 44.6 Å². The fraction of sp³-hybridized carbons (Fsp3) is 0.200. The summed E-state index contributed by atoms with van der Waals surface area (Å²) in [6.45, 7) is 0.197. The van der Waals surface area contributed by atoms with Crippen LogP contribution in [0.2, 0.25) is 0 Å². The van der Waals surface area contributed by atoms with Crippen molar-refractivity contribution in [1.82, 2.24) is 0 Å². The summed E-state index contributed by atoms with van der Waals surface area (Å²) in [4.78, 5) is 24.5. The largest absolute Gasteiger partial charge is 0.493 e. The van der Waals surface area contributed by atoms with Gasteiger partial charge in [0.1, 0.15) is 12.4 Å². The Balaban J connectivity index is 1.52. The lowest BCUT2D eigenvalue weighted by atomic mass is 10.1. The predicted octanol–water partition coefficient (Wildman–Crippen LogP) is 5.36. The number of aryl methyl sites for hydroxylation is 1. The smallest absolute Gasteiger partial charge is 0.338 e. The molecule has 32 heavy (non-hydrogen) atoms. The Kier molecular flexibility index (Phi) is 8.27. The summed E-state index contributed by atoms with van der Waals surface area (Å²) >= 11 is 3.49. The predicted molar refractivity (Wildman–Crippen MR) is 123 cm³/mol. The van der Waals surface area contributed by atoms with Gasteiger partial charge in [-0.25, -0.2) is 4.79 Å². The highest BCUT2D eigenvalue weighted by molar-refractivity contribution is 9.10. The van der Waals surface area contributed by atoms with Crippen LogP contribution < -0.4 is 14.2 Å². The van der Waals surface area contributed by atoms with Crippen LogP contribution in [0.4, 0.5) is 0 Å². The molecule has 0 bridgehead atoms. The first-order chi connectivity index (χ1) is 15.5. The number of methoxy groups -OCH3 is 2. The van der Waals surface area contributed by atoms with E-state index in [9.17, 15) is 9.59 Å². The van der Waals surface area contributed by atoms with Crippen molar-refractivity contribution in [3.8, 4) is 17.2 Å². The first kappa shape index (κ1) is 23.3. The minimum Gasteiger partial charge on any atom is -0.493 e. The summed E-state index contributed by atoms with van der Waals surface area (Å²) in [6.07, 6.45) is 0.638. The monoisotopic (exact) mass is 498 g/mol. The van der Waals surface area contributed by atoms with Crippen LogP contribution >= 0.6 is 15.9 Å². The number of carbonyl (C=O) groups is 2. The van der Waals surface area contributed by atoms with E-state index in [1.807, 2.05) is 36.4 Å². The van der Waals surface area contributed by atoms with Crippen molar-refractivity contribution in [2.45, 2.75) is 19.4 Å². The average Bonchev–Trinajstić information content (AvgIpc) is 2.82. The highest BCUT2D eigenvalue weighted by Crippen LogP contribution is 2.33. The van der Waals surface area contributed by atoms with Gasteiger partial charge in [0.15, 0.2) is 11.5 Å². The molecule has 3 aromatic rings. The van der Waals surface area contributed by atoms with Crippen molar-refractivity contribution in [3.05, 3.63) is 87.9 Å². The molecular weight excluding hydrogens is 476 g/mol. The SMILES string of the molecule is COc1cc(Br)c(CCC(=O)Oc2ccc(C(=O)OCc3ccccc3)cc2)cc1OC. The molecule has 0 aliphatic heterocycles. The van der Waals surface area contributed by atoms with Crippen molar-refractivity contribution in [3.63, 3.8) is 0 Å². The van der Waals surface area contributed by atoms with Gasteiger partial charge in [-0.1, -0.05) is 46.3 Å². The quantitative estimate of drug-likeness (QED) is 0.292. The maximum Gasteiger partial charge on any atom is 0.338 e. The van der Waals surface area contributed by atoms with Gasteiger partial charge in [-0.2, -0.15) is 0 Å². The maximum atomic E-state index is 12.3. The molecule has 0 aliphatic rings. The molecule has 0 spiro atoms. The normalized spacial score (nSPS) is 10.3. The van der Waals surface area contributed by atoms with Crippen LogP contribution in [0.1, 0.15) is 27.9 Å². The maximum absolute atomic E-state index is 12.3. The van der Waals surface area contributed by atoms with E-state index >= 15 is 0 Å². The van der Waals surface area contributed by atoms with Crippen LogP contribution in [0.15, 0.2) is 71.2 Å². The number of benzene rings is 3. The second-order valence-electron chi connectivity index (χ2n) is 6.86. The van der Waals surface area contributed by atoms with Crippen molar-refractivity contribution in [2.24, 2.45) is 0 Å². The molecular formula is C25H23BrO6. The second kappa shape index (κ2) is 11.3. The zero-order chi connectivity index (χ0) is 22.9. The van der Waals surface area contributed by atoms with Gasteiger partial charge >= 0.3 is 11.9 Å². The lowest BCUT2D eigenvalue weighted by Gasteiger charge is -2.12. The highest BCUT2D eigenvalue weighted by atomic mass is 79.9. The number of carbonyl (C=O) groups excluding carboxylic acids is 2. The van der Waals surface area contributed by atoms with Gasteiger partial charge in [-0.05, 0) is 53.9 Å².